The van der Waals surface area contributed by atoms with Crippen molar-refractivity contribution in [2.75, 3.05) is 17.6 Å². The molecule has 2 aromatic carbocycles. The van der Waals surface area contributed by atoms with Gasteiger partial charge in [-0.15, -0.1) is 16.8 Å². The van der Waals surface area contributed by atoms with Crippen molar-refractivity contribution in [3.8, 4) is 0 Å². The van der Waals surface area contributed by atoms with E-state index in [0.717, 1.165) is 24.2 Å². The Labute approximate surface area is 208 Å². The average Bonchev–Trinajstić information content (AvgIpc) is 3.46. The van der Waals surface area contributed by atoms with Gasteiger partial charge in [0.05, 0.1) is 11.8 Å². The molecular formula is C25H26ClN5O2S. The molecule has 176 valence electrons. The molecule has 34 heavy (non-hydrogen) atoms. The molecule has 2 amide bonds. The predicted octanol–water partition coefficient (Wildman–Crippen LogP) is 5.13. The summed E-state index contributed by atoms with van der Waals surface area (Å²) in [4.78, 5) is 27.5. The number of benzene rings is 2. The number of carbonyl (C=O) groups is 2. The van der Waals surface area contributed by atoms with E-state index in [9.17, 15) is 9.59 Å². The number of thioether (sulfide) groups is 1. The molecule has 0 radical (unpaired) electrons. The van der Waals surface area contributed by atoms with Crippen molar-refractivity contribution in [2.24, 2.45) is 0 Å². The first-order valence-corrected chi connectivity index (χ1v) is 12.4. The summed E-state index contributed by atoms with van der Waals surface area (Å²) in [6.45, 7) is 7.02. The van der Waals surface area contributed by atoms with Crippen molar-refractivity contribution >= 4 is 40.9 Å². The summed E-state index contributed by atoms with van der Waals surface area (Å²) in [6.07, 6.45) is 3.48. The number of allylic oxidation sites excluding steroid dienone is 1. The maximum Gasteiger partial charge on any atom is 0.254 e. The Kier molecular flexibility index (Phi) is 7.70. The number of halogens is 1. The van der Waals surface area contributed by atoms with Crippen LogP contribution in [0.1, 0.15) is 40.6 Å². The van der Waals surface area contributed by atoms with E-state index in [0.29, 0.717) is 34.5 Å². The number of hydrogen-bond donors (Lipinski definition) is 1. The number of anilines is 1. The standard InChI is InChI=1S/C25H26ClN5O2S/c1-3-14-31-23(21-5-4-15-30(21)24(33)18-8-6-17(2)7-9-18)28-29-25(31)34-16-22(32)27-20-12-10-19(26)11-13-20/h3,6-13,21H,1,4-5,14-16H2,2H3,(H,27,32). The van der Waals surface area contributed by atoms with E-state index in [-0.39, 0.29) is 23.6 Å². The van der Waals surface area contributed by atoms with Gasteiger partial charge in [0.25, 0.3) is 5.91 Å². The highest BCUT2D eigenvalue weighted by Gasteiger charge is 2.34. The minimum Gasteiger partial charge on any atom is -0.328 e. The van der Waals surface area contributed by atoms with Crippen molar-refractivity contribution in [3.05, 3.63) is 83.2 Å². The molecule has 1 atom stereocenters. The van der Waals surface area contributed by atoms with Gasteiger partial charge in [0.2, 0.25) is 5.91 Å². The molecule has 4 rings (SSSR count). The third kappa shape index (κ3) is 5.51. The molecule has 1 fully saturated rings. The van der Waals surface area contributed by atoms with Gasteiger partial charge >= 0.3 is 0 Å². The van der Waals surface area contributed by atoms with E-state index in [1.54, 1.807) is 30.3 Å². The van der Waals surface area contributed by atoms with Gasteiger partial charge in [0.1, 0.15) is 0 Å². The van der Waals surface area contributed by atoms with Crippen LogP contribution in [0.25, 0.3) is 0 Å². The Bertz CT molecular complexity index is 1180. The third-order valence-electron chi connectivity index (χ3n) is 5.63. The minimum absolute atomic E-state index is 0.00722. The van der Waals surface area contributed by atoms with Crippen LogP contribution in [-0.2, 0) is 11.3 Å². The number of nitrogens with one attached hydrogen (secondary N) is 1. The number of hydrogen-bond acceptors (Lipinski definition) is 5. The fourth-order valence-electron chi connectivity index (χ4n) is 3.95. The largest absolute Gasteiger partial charge is 0.328 e. The number of carbonyl (C=O) groups excluding carboxylic acids is 2. The zero-order chi connectivity index (χ0) is 24.1. The maximum absolute atomic E-state index is 13.2. The molecule has 1 unspecified atom stereocenters. The highest BCUT2D eigenvalue weighted by atomic mass is 35.5. The van der Waals surface area contributed by atoms with Crippen molar-refractivity contribution in [2.45, 2.75) is 37.5 Å². The second kappa shape index (κ2) is 10.9. The van der Waals surface area contributed by atoms with Crippen molar-refractivity contribution in [1.82, 2.24) is 19.7 Å². The quantitative estimate of drug-likeness (QED) is 0.346. The molecule has 1 aromatic heterocycles. The molecule has 0 bridgehead atoms. The number of aromatic nitrogens is 3. The zero-order valence-electron chi connectivity index (χ0n) is 18.9. The summed E-state index contributed by atoms with van der Waals surface area (Å²) in [6, 6.07) is 14.4. The van der Waals surface area contributed by atoms with Gasteiger partial charge in [-0.1, -0.05) is 47.1 Å². The van der Waals surface area contributed by atoms with Gasteiger partial charge in [-0.25, -0.2) is 0 Å². The van der Waals surface area contributed by atoms with Gasteiger partial charge in [0.15, 0.2) is 11.0 Å². The van der Waals surface area contributed by atoms with Crippen LogP contribution in [0.15, 0.2) is 66.3 Å². The Morgan fingerprint density at radius 3 is 2.62 bits per heavy atom. The van der Waals surface area contributed by atoms with E-state index in [1.807, 2.05) is 40.7 Å². The molecule has 1 aliphatic rings. The molecule has 1 saturated heterocycles. The fourth-order valence-corrected chi connectivity index (χ4v) is 4.84. The van der Waals surface area contributed by atoms with Crippen LogP contribution < -0.4 is 5.32 Å². The first kappa shape index (κ1) is 24.0. The van der Waals surface area contributed by atoms with Gasteiger partial charge in [0, 0.05) is 29.4 Å². The number of aryl methyl sites for hydroxylation is 1. The summed E-state index contributed by atoms with van der Waals surface area (Å²) in [5.41, 5.74) is 2.46. The van der Waals surface area contributed by atoms with Crippen LogP contribution in [0.3, 0.4) is 0 Å². The van der Waals surface area contributed by atoms with Gasteiger partial charge in [-0.05, 0) is 56.2 Å². The van der Waals surface area contributed by atoms with E-state index in [1.165, 1.54) is 11.8 Å². The Balaban J connectivity index is 1.48. The van der Waals surface area contributed by atoms with Crippen molar-refractivity contribution < 1.29 is 9.59 Å². The third-order valence-corrected chi connectivity index (χ3v) is 6.85. The first-order chi connectivity index (χ1) is 16.5. The second-order valence-corrected chi connectivity index (χ2v) is 9.49. The van der Waals surface area contributed by atoms with Gasteiger partial charge < -0.3 is 14.8 Å². The second-order valence-electron chi connectivity index (χ2n) is 8.11. The molecule has 9 heteroatoms. The molecule has 2 heterocycles. The Hall–Kier alpha value is -3.10. The van der Waals surface area contributed by atoms with E-state index in [4.69, 9.17) is 11.6 Å². The molecular weight excluding hydrogens is 470 g/mol. The van der Waals surface area contributed by atoms with Crippen LogP contribution in [0.2, 0.25) is 5.02 Å². The van der Waals surface area contributed by atoms with E-state index >= 15 is 0 Å². The first-order valence-electron chi connectivity index (χ1n) is 11.1. The summed E-state index contributed by atoms with van der Waals surface area (Å²) >= 11 is 7.20. The molecule has 0 spiro atoms. The monoisotopic (exact) mass is 495 g/mol. The van der Waals surface area contributed by atoms with Crippen LogP contribution in [0.5, 0.6) is 0 Å². The molecule has 3 aromatic rings. The zero-order valence-corrected chi connectivity index (χ0v) is 20.5. The number of likely N-dealkylation sites (tertiary alicyclic amines) is 1. The van der Waals surface area contributed by atoms with Crippen LogP contribution >= 0.6 is 23.4 Å². The highest BCUT2D eigenvalue weighted by molar-refractivity contribution is 7.99. The lowest BCUT2D eigenvalue weighted by Crippen LogP contribution is -2.32. The van der Waals surface area contributed by atoms with Crippen molar-refractivity contribution in [1.29, 1.82) is 0 Å². The lowest BCUT2D eigenvalue weighted by atomic mass is 10.1. The summed E-state index contributed by atoms with van der Waals surface area (Å²) in [7, 11) is 0. The fraction of sp³-hybridized carbons (Fsp3) is 0.280. The number of rotatable bonds is 8. The summed E-state index contributed by atoms with van der Waals surface area (Å²) < 4.78 is 1.94. The summed E-state index contributed by atoms with van der Waals surface area (Å²) in [5.74, 6) is 0.735. The maximum atomic E-state index is 13.2. The highest BCUT2D eigenvalue weighted by Crippen LogP contribution is 2.34. The molecule has 0 saturated carbocycles. The summed E-state index contributed by atoms with van der Waals surface area (Å²) in [5, 5.41) is 12.9. The minimum atomic E-state index is -0.168. The number of amides is 2. The smallest absolute Gasteiger partial charge is 0.254 e. The molecule has 1 N–H and O–H groups in total. The van der Waals surface area contributed by atoms with Crippen molar-refractivity contribution in [3.63, 3.8) is 0 Å². The molecule has 1 aliphatic heterocycles. The van der Waals surface area contributed by atoms with E-state index < -0.39 is 0 Å². The van der Waals surface area contributed by atoms with Gasteiger partial charge in [-0.3, -0.25) is 9.59 Å². The normalized spacial score (nSPS) is 15.4. The number of nitrogens with zero attached hydrogens (tertiary/aromatic N) is 4. The van der Waals surface area contributed by atoms with Crippen LogP contribution in [-0.4, -0.2) is 43.8 Å². The van der Waals surface area contributed by atoms with Gasteiger partial charge in [-0.2, -0.15) is 0 Å². The van der Waals surface area contributed by atoms with E-state index in [2.05, 4.69) is 22.1 Å². The Morgan fingerprint density at radius 1 is 1.18 bits per heavy atom. The molecule has 0 aliphatic carbocycles. The molecule has 7 nitrogen and oxygen atoms in total. The van der Waals surface area contributed by atoms with Crippen LogP contribution in [0, 0.1) is 6.92 Å². The SMILES string of the molecule is C=CCn1c(SCC(=O)Nc2ccc(Cl)cc2)nnc1C1CCCN1C(=O)c1ccc(C)cc1. The topological polar surface area (TPSA) is 80.1 Å². The lowest BCUT2D eigenvalue weighted by Gasteiger charge is -2.24. The lowest BCUT2D eigenvalue weighted by molar-refractivity contribution is -0.113. The average molecular weight is 496 g/mol. The van der Waals surface area contributed by atoms with Crippen LogP contribution in [0.4, 0.5) is 5.69 Å². The Morgan fingerprint density at radius 2 is 1.91 bits per heavy atom. The predicted molar refractivity (Wildman–Crippen MR) is 135 cm³/mol.